The molecule has 1 aromatic carbocycles. The molecule has 1 unspecified atom stereocenters. The Kier molecular flexibility index (Phi) is 4.63. The highest BCUT2D eigenvalue weighted by Gasteiger charge is 2.24. The maximum absolute atomic E-state index is 9.48. The van der Waals surface area contributed by atoms with E-state index in [0.29, 0.717) is 10.9 Å². The van der Waals surface area contributed by atoms with Crippen molar-refractivity contribution in [3.8, 4) is 0 Å². The zero-order valence-electron chi connectivity index (χ0n) is 10.1. The normalized spacial score (nSPS) is 14.9. The molecule has 0 saturated carbocycles. The van der Waals surface area contributed by atoms with Crippen LogP contribution in [0.4, 0.5) is 5.69 Å². The minimum Gasteiger partial charge on any atom is -0.394 e. The molecule has 2 nitrogen and oxygen atoms in total. The van der Waals surface area contributed by atoms with Gasteiger partial charge in [0.05, 0.1) is 22.9 Å². The number of hydrogen-bond acceptors (Lipinski definition) is 2. The lowest BCUT2D eigenvalue weighted by Crippen LogP contribution is -2.40. The average Bonchev–Trinajstić information content (AvgIpc) is 2.20. The molecule has 0 spiro atoms. The molecule has 90 valence electrons. The van der Waals surface area contributed by atoms with Crippen molar-refractivity contribution in [1.82, 2.24) is 0 Å². The number of aliphatic hydroxyl groups excluding tert-OH is 1. The van der Waals surface area contributed by atoms with E-state index in [4.69, 9.17) is 11.6 Å². The highest BCUT2D eigenvalue weighted by atomic mass is 35.5. The fraction of sp³-hybridized carbons (Fsp3) is 0.538. The van der Waals surface area contributed by atoms with Gasteiger partial charge < -0.3 is 10.4 Å². The topological polar surface area (TPSA) is 32.3 Å². The Balaban J connectivity index is 2.81. The lowest BCUT2D eigenvalue weighted by molar-refractivity contribution is 0.202. The van der Waals surface area contributed by atoms with Crippen molar-refractivity contribution in [3.63, 3.8) is 0 Å². The van der Waals surface area contributed by atoms with Gasteiger partial charge in [-0.1, -0.05) is 37.6 Å². The molecule has 0 amide bonds. The third-order valence-corrected chi connectivity index (χ3v) is 2.85. The number of hydrogen-bond donors (Lipinski definition) is 2. The largest absolute Gasteiger partial charge is 0.394 e. The Morgan fingerprint density at radius 1 is 1.38 bits per heavy atom. The van der Waals surface area contributed by atoms with Gasteiger partial charge in [0.15, 0.2) is 0 Å². The zero-order valence-corrected chi connectivity index (χ0v) is 10.9. The molecule has 1 rings (SSSR count). The Labute approximate surface area is 103 Å². The van der Waals surface area contributed by atoms with Gasteiger partial charge in [-0.15, -0.1) is 0 Å². The Morgan fingerprint density at radius 2 is 2.00 bits per heavy atom. The maximum atomic E-state index is 9.48. The smallest absolute Gasteiger partial charge is 0.0658 e. The quantitative estimate of drug-likeness (QED) is 0.827. The Bertz CT molecular complexity index is 340. The van der Waals surface area contributed by atoms with E-state index in [2.05, 4.69) is 19.2 Å². The summed E-state index contributed by atoms with van der Waals surface area (Å²) >= 11 is 6.08. The summed E-state index contributed by atoms with van der Waals surface area (Å²) in [7, 11) is 0. The highest BCUT2D eigenvalue weighted by Crippen LogP contribution is 2.27. The fourth-order valence-electron chi connectivity index (χ4n) is 1.94. The summed E-state index contributed by atoms with van der Waals surface area (Å²) in [6.07, 6.45) is 0.898. The van der Waals surface area contributed by atoms with Crippen molar-refractivity contribution in [2.75, 3.05) is 11.9 Å². The Morgan fingerprint density at radius 3 is 2.50 bits per heavy atom. The number of halogens is 1. The van der Waals surface area contributed by atoms with Gasteiger partial charge in [-0.3, -0.25) is 0 Å². The molecule has 0 saturated heterocycles. The zero-order chi connectivity index (χ0) is 12.2. The van der Waals surface area contributed by atoms with Gasteiger partial charge in [0.25, 0.3) is 0 Å². The average molecular weight is 242 g/mol. The molecule has 0 aliphatic rings. The predicted molar refractivity (Wildman–Crippen MR) is 70.0 cm³/mol. The van der Waals surface area contributed by atoms with Crippen molar-refractivity contribution < 1.29 is 5.11 Å². The van der Waals surface area contributed by atoms with E-state index >= 15 is 0 Å². The van der Waals surface area contributed by atoms with Crippen molar-refractivity contribution in [3.05, 3.63) is 29.3 Å². The van der Waals surface area contributed by atoms with Crippen molar-refractivity contribution >= 4 is 17.3 Å². The summed E-state index contributed by atoms with van der Waals surface area (Å²) in [6, 6.07) is 7.60. The summed E-state index contributed by atoms with van der Waals surface area (Å²) in [5, 5.41) is 13.5. The molecule has 1 aromatic rings. The highest BCUT2D eigenvalue weighted by molar-refractivity contribution is 6.33. The summed E-state index contributed by atoms with van der Waals surface area (Å²) in [6.45, 7) is 6.39. The van der Waals surface area contributed by atoms with Crippen LogP contribution in [0.1, 0.15) is 27.2 Å². The molecule has 16 heavy (non-hydrogen) atoms. The minimum atomic E-state index is -0.320. The first-order valence-electron chi connectivity index (χ1n) is 5.60. The van der Waals surface area contributed by atoms with Crippen LogP contribution in [0.5, 0.6) is 0 Å². The summed E-state index contributed by atoms with van der Waals surface area (Å²) < 4.78 is 0. The molecule has 3 heteroatoms. The van der Waals surface area contributed by atoms with Crippen LogP contribution in [-0.2, 0) is 0 Å². The Hall–Kier alpha value is -0.730. The van der Waals surface area contributed by atoms with Crippen LogP contribution in [0.3, 0.4) is 0 Å². The molecule has 2 N–H and O–H groups in total. The fourth-order valence-corrected chi connectivity index (χ4v) is 2.13. The van der Waals surface area contributed by atoms with Crippen LogP contribution < -0.4 is 5.32 Å². The molecule has 0 bridgehead atoms. The van der Waals surface area contributed by atoms with Gasteiger partial charge in [-0.2, -0.15) is 0 Å². The van der Waals surface area contributed by atoms with Gasteiger partial charge in [0.2, 0.25) is 0 Å². The van der Waals surface area contributed by atoms with Crippen LogP contribution in [0.15, 0.2) is 24.3 Å². The number of para-hydroxylation sites is 1. The molecular weight excluding hydrogens is 222 g/mol. The molecule has 0 aliphatic heterocycles. The van der Waals surface area contributed by atoms with Crippen molar-refractivity contribution in [2.24, 2.45) is 5.92 Å². The molecule has 0 aromatic heterocycles. The van der Waals surface area contributed by atoms with Gasteiger partial charge in [-0.05, 0) is 31.4 Å². The molecule has 1 atom stereocenters. The molecular formula is C13H20ClNO. The van der Waals surface area contributed by atoms with Crippen LogP contribution in [0.25, 0.3) is 0 Å². The number of anilines is 1. The monoisotopic (exact) mass is 241 g/mol. The van der Waals surface area contributed by atoms with E-state index in [1.807, 2.05) is 31.2 Å². The third-order valence-electron chi connectivity index (χ3n) is 2.52. The lowest BCUT2D eigenvalue weighted by atomic mass is 9.91. The third kappa shape index (κ3) is 3.69. The van der Waals surface area contributed by atoms with Crippen LogP contribution in [0, 0.1) is 5.92 Å². The predicted octanol–water partition coefficient (Wildman–Crippen LogP) is 3.55. The standard InChI is InChI=1S/C13H20ClNO/c1-10(2)8-13(3,9-16)15-12-7-5-4-6-11(12)14/h4-7,10,15-16H,8-9H2,1-3H3. The van der Waals surface area contributed by atoms with Crippen LogP contribution in [-0.4, -0.2) is 17.3 Å². The van der Waals surface area contributed by atoms with E-state index in [1.165, 1.54) is 0 Å². The van der Waals surface area contributed by atoms with Crippen LogP contribution >= 0.6 is 11.6 Å². The number of rotatable bonds is 5. The van der Waals surface area contributed by atoms with E-state index < -0.39 is 0 Å². The SMILES string of the molecule is CC(C)CC(C)(CO)Nc1ccccc1Cl. The van der Waals surface area contributed by atoms with Gasteiger partial charge in [0, 0.05) is 0 Å². The van der Waals surface area contributed by atoms with E-state index in [0.717, 1.165) is 12.1 Å². The van der Waals surface area contributed by atoms with Crippen LogP contribution in [0.2, 0.25) is 5.02 Å². The van der Waals surface area contributed by atoms with Crippen molar-refractivity contribution in [1.29, 1.82) is 0 Å². The first kappa shape index (κ1) is 13.3. The molecule has 0 aliphatic carbocycles. The lowest BCUT2D eigenvalue weighted by Gasteiger charge is -2.32. The molecule has 0 radical (unpaired) electrons. The number of nitrogens with one attached hydrogen (secondary N) is 1. The van der Waals surface area contributed by atoms with Gasteiger partial charge in [0.1, 0.15) is 0 Å². The van der Waals surface area contributed by atoms with E-state index in [9.17, 15) is 5.11 Å². The molecule has 0 heterocycles. The second kappa shape index (κ2) is 5.55. The van der Waals surface area contributed by atoms with E-state index in [-0.39, 0.29) is 12.1 Å². The number of benzene rings is 1. The second-order valence-electron chi connectivity index (χ2n) is 4.92. The van der Waals surface area contributed by atoms with Crippen molar-refractivity contribution in [2.45, 2.75) is 32.7 Å². The number of aliphatic hydroxyl groups is 1. The summed E-state index contributed by atoms with van der Waals surface area (Å²) in [5.41, 5.74) is 0.556. The minimum absolute atomic E-state index is 0.0937. The molecule has 0 fully saturated rings. The summed E-state index contributed by atoms with van der Waals surface area (Å²) in [4.78, 5) is 0. The van der Waals surface area contributed by atoms with E-state index in [1.54, 1.807) is 0 Å². The van der Waals surface area contributed by atoms with Gasteiger partial charge >= 0.3 is 0 Å². The second-order valence-corrected chi connectivity index (χ2v) is 5.33. The maximum Gasteiger partial charge on any atom is 0.0658 e. The summed E-state index contributed by atoms with van der Waals surface area (Å²) in [5.74, 6) is 0.520. The first-order chi connectivity index (χ1) is 7.47. The first-order valence-corrected chi connectivity index (χ1v) is 5.98. The van der Waals surface area contributed by atoms with Gasteiger partial charge in [-0.25, -0.2) is 0 Å².